The highest BCUT2D eigenvalue weighted by Crippen LogP contribution is 2.30. The maximum atomic E-state index is 12.5. The van der Waals surface area contributed by atoms with Crippen molar-refractivity contribution in [1.82, 2.24) is 5.32 Å². The largest absolute Gasteiger partial charge is 0.492 e. The van der Waals surface area contributed by atoms with E-state index in [2.05, 4.69) is 5.32 Å². The smallest absolute Gasteiger partial charge is 0.416 e. The van der Waals surface area contributed by atoms with Crippen molar-refractivity contribution in [3.8, 4) is 5.75 Å². The molecule has 0 aliphatic carbocycles. The molecule has 0 aliphatic rings. The molecule has 0 bridgehead atoms. The average molecular weight is 338 g/mol. The molecule has 0 radical (unpaired) electrons. The van der Waals surface area contributed by atoms with Gasteiger partial charge in [0.15, 0.2) is 0 Å². The molecule has 0 spiro atoms. The van der Waals surface area contributed by atoms with Crippen LogP contribution in [0.2, 0.25) is 0 Å². The molecule has 4 nitrogen and oxygen atoms in total. The normalized spacial score (nSPS) is 12.6. The maximum Gasteiger partial charge on any atom is 0.416 e. The molecule has 128 valence electrons. The third kappa shape index (κ3) is 4.99. The fourth-order valence-electron chi connectivity index (χ4n) is 2.14. The third-order valence-corrected chi connectivity index (χ3v) is 3.32. The summed E-state index contributed by atoms with van der Waals surface area (Å²) in [6.45, 7) is 0.492. The van der Waals surface area contributed by atoms with E-state index in [1.807, 2.05) is 6.07 Å². The summed E-state index contributed by atoms with van der Waals surface area (Å²) in [5, 5.41) is 2.96. The Morgan fingerprint density at radius 3 is 2.25 bits per heavy atom. The Hall–Kier alpha value is -2.54. The summed E-state index contributed by atoms with van der Waals surface area (Å²) >= 11 is 0. The van der Waals surface area contributed by atoms with Gasteiger partial charge in [-0.2, -0.15) is 13.2 Å². The lowest BCUT2D eigenvalue weighted by Gasteiger charge is -2.16. The van der Waals surface area contributed by atoms with Crippen LogP contribution in [0.4, 0.5) is 13.2 Å². The van der Waals surface area contributed by atoms with Gasteiger partial charge in [-0.15, -0.1) is 0 Å². The third-order valence-electron chi connectivity index (χ3n) is 3.32. The van der Waals surface area contributed by atoms with Crippen molar-refractivity contribution in [2.75, 3.05) is 13.2 Å². The van der Waals surface area contributed by atoms with Gasteiger partial charge in [0.05, 0.1) is 5.56 Å². The highest BCUT2D eigenvalue weighted by molar-refractivity contribution is 5.81. The Morgan fingerprint density at radius 1 is 1.08 bits per heavy atom. The van der Waals surface area contributed by atoms with E-state index in [-0.39, 0.29) is 6.61 Å². The Bertz CT molecular complexity index is 658. The minimum absolute atomic E-state index is 0.183. The SMILES string of the molecule is NC(=O)C(NCCOc1ccc(C(F)(F)F)cc1)c1ccccc1. The number of hydrogen-bond acceptors (Lipinski definition) is 3. The highest BCUT2D eigenvalue weighted by Gasteiger charge is 2.30. The number of amides is 1. The molecule has 0 saturated carbocycles. The van der Waals surface area contributed by atoms with Crippen LogP contribution in [0.3, 0.4) is 0 Å². The zero-order valence-electron chi connectivity index (χ0n) is 12.7. The van der Waals surface area contributed by atoms with Gasteiger partial charge in [0, 0.05) is 6.54 Å². The summed E-state index contributed by atoms with van der Waals surface area (Å²) in [7, 11) is 0. The second-order valence-electron chi connectivity index (χ2n) is 5.07. The van der Waals surface area contributed by atoms with Crippen LogP contribution in [-0.2, 0) is 11.0 Å². The minimum Gasteiger partial charge on any atom is -0.492 e. The van der Waals surface area contributed by atoms with E-state index in [1.165, 1.54) is 12.1 Å². The first-order valence-corrected chi connectivity index (χ1v) is 7.25. The van der Waals surface area contributed by atoms with Crippen LogP contribution >= 0.6 is 0 Å². The Labute approximate surface area is 137 Å². The molecule has 0 heterocycles. The first-order valence-electron chi connectivity index (χ1n) is 7.25. The van der Waals surface area contributed by atoms with Crippen molar-refractivity contribution < 1.29 is 22.7 Å². The number of carbonyl (C=O) groups is 1. The lowest BCUT2D eigenvalue weighted by atomic mass is 10.1. The fraction of sp³-hybridized carbons (Fsp3) is 0.235. The number of rotatable bonds is 7. The standard InChI is InChI=1S/C17H17F3N2O2/c18-17(19,20)13-6-8-14(9-7-13)24-11-10-22-15(16(21)23)12-4-2-1-3-5-12/h1-9,15,22H,10-11H2,(H2,21,23). The lowest BCUT2D eigenvalue weighted by molar-refractivity contribution is -0.137. The zero-order valence-corrected chi connectivity index (χ0v) is 12.7. The number of carbonyl (C=O) groups excluding carboxylic acids is 1. The summed E-state index contributed by atoms with van der Waals surface area (Å²) < 4.78 is 42.7. The second kappa shape index (κ2) is 7.83. The Morgan fingerprint density at radius 2 is 1.71 bits per heavy atom. The molecule has 1 atom stereocenters. The summed E-state index contributed by atoms with van der Waals surface area (Å²) in [5.74, 6) is -0.198. The number of hydrogen-bond donors (Lipinski definition) is 2. The van der Waals surface area contributed by atoms with E-state index in [0.29, 0.717) is 12.3 Å². The summed E-state index contributed by atoms with van der Waals surface area (Å²) in [6, 6.07) is 12.8. The van der Waals surface area contributed by atoms with E-state index >= 15 is 0 Å². The molecule has 7 heteroatoms. The molecular weight excluding hydrogens is 321 g/mol. The molecule has 2 aromatic rings. The Balaban J connectivity index is 1.84. The van der Waals surface area contributed by atoms with E-state index < -0.39 is 23.7 Å². The van der Waals surface area contributed by atoms with E-state index in [4.69, 9.17) is 10.5 Å². The molecule has 0 aliphatic heterocycles. The summed E-state index contributed by atoms with van der Waals surface area (Å²) in [5.41, 5.74) is 5.38. The highest BCUT2D eigenvalue weighted by atomic mass is 19.4. The molecule has 1 amide bonds. The van der Waals surface area contributed by atoms with Crippen LogP contribution in [0.5, 0.6) is 5.75 Å². The molecule has 0 fully saturated rings. The topological polar surface area (TPSA) is 64.4 Å². The van der Waals surface area contributed by atoms with Gasteiger partial charge in [-0.05, 0) is 29.8 Å². The maximum absolute atomic E-state index is 12.5. The van der Waals surface area contributed by atoms with Crippen molar-refractivity contribution >= 4 is 5.91 Å². The van der Waals surface area contributed by atoms with Gasteiger partial charge in [0.2, 0.25) is 5.91 Å². The number of alkyl halides is 3. The molecule has 1 unspecified atom stereocenters. The predicted octanol–water partition coefficient (Wildman–Crippen LogP) is 2.90. The monoisotopic (exact) mass is 338 g/mol. The molecule has 3 N–H and O–H groups in total. The summed E-state index contributed by atoms with van der Waals surface area (Å²) in [6.07, 6.45) is -4.37. The van der Waals surface area contributed by atoms with E-state index in [1.54, 1.807) is 24.3 Å². The first kappa shape index (κ1) is 17.8. The van der Waals surface area contributed by atoms with Crippen LogP contribution < -0.4 is 15.8 Å². The molecule has 2 rings (SSSR count). The second-order valence-corrected chi connectivity index (χ2v) is 5.07. The molecule has 24 heavy (non-hydrogen) atoms. The van der Waals surface area contributed by atoms with Crippen molar-refractivity contribution in [1.29, 1.82) is 0 Å². The van der Waals surface area contributed by atoms with Crippen molar-refractivity contribution in [3.63, 3.8) is 0 Å². The molecule has 2 aromatic carbocycles. The van der Waals surface area contributed by atoms with Gasteiger partial charge >= 0.3 is 6.18 Å². The minimum atomic E-state index is -4.37. The first-order chi connectivity index (χ1) is 11.4. The van der Waals surface area contributed by atoms with Crippen LogP contribution in [0.1, 0.15) is 17.2 Å². The number of halogens is 3. The van der Waals surface area contributed by atoms with Gasteiger partial charge in [-0.25, -0.2) is 0 Å². The number of nitrogens with two attached hydrogens (primary N) is 1. The summed E-state index contributed by atoms with van der Waals surface area (Å²) in [4.78, 5) is 11.5. The lowest BCUT2D eigenvalue weighted by Crippen LogP contribution is -2.35. The van der Waals surface area contributed by atoms with Gasteiger partial charge in [-0.3, -0.25) is 10.1 Å². The van der Waals surface area contributed by atoms with E-state index in [9.17, 15) is 18.0 Å². The van der Waals surface area contributed by atoms with Gasteiger partial charge in [0.1, 0.15) is 18.4 Å². The van der Waals surface area contributed by atoms with Crippen LogP contribution in [0, 0.1) is 0 Å². The quantitative estimate of drug-likeness (QED) is 0.763. The molecule has 0 saturated heterocycles. The van der Waals surface area contributed by atoms with Crippen LogP contribution in [0.25, 0.3) is 0 Å². The van der Waals surface area contributed by atoms with Crippen molar-refractivity contribution in [2.24, 2.45) is 5.73 Å². The Kier molecular flexibility index (Phi) is 5.81. The van der Waals surface area contributed by atoms with Gasteiger partial charge in [0.25, 0.3) is 0 Å². The average Bonchev–Trinajstić information content (AvgIpc) is 2.55. The van der Waals surface area contributed by atoms with Crippen LogP contribution in [0.15, 0.2) is 54.6 Å². The van der Waals surface area contributed by atoms with Crippen LogP contribution in [-0.4, -0.2) is 19.1 Å². The van der Waals surface area contributed by atoms with Gasteiger partial charge in [-0.1, -0.05) is 30.3 Å². The van der Waals surface area contributed by atoms with Crippen molar-refractivity contribution in [2.45, 2.75) is 12.2 Å². The predicted molar refractivity (Wildman–Crippen MR) is 83.3 cm³/mol. The molecule has 0 aromatic heterocycles. The number of ether oxygens (including phenoxy) is 1. The number of primary amides is 1. The zero-order chi connectivity index (χ0) is 17.6. The molecular formula is C17H17F3N2O2. The van der Waals surface area contributed by atoms with Crippen molar-refractivity contribution in [3.05, 3.63) is 65.7 Å². The van der Waals surface area contributed by atoms with Gasteiger partial charge < -0.3 is 10.5 Å². The number of benzene rings is 2. The van der Waals surface area contributed by atoms with E-state index in [0.717, 1.165) is 17.7 Å². The number of nitrogens with one attached hydrogen (secondary N) is 1. The fourth-order valence-corrected chi connectivity index (χ4v) is 2.14.